The monoisotopic (exact) mass is 395 g/mol. The Morgan fingerprint density at radius 3 is 2.89 bits per heavy atom. The van der Waals surface area contributed by atoms with Crippen LogP contribution in [-0.4, -0.2) is 29.9 Å². The molecule has 0 spiro atoms. The summed E-state index contributed by atoms with van der Waals surface area (Å²) in [5.41, 5.74) is 3.95. The molecule has 0 radical (unpaired) electrons. The lowest BCUT2D eigenvalue weighted by molar-refractivity contribution is 0.600. The lowest BCUT2D eigenvalue weighted by Crippen LogP contribution is -2.10. The van der Waals surface area contributed by atoms with Crippen LogP contribution in [0.15, 0.2) is 58.9 Å². The second kappa shape index (κ2) is 8.71. The lowest BCUT2D eigenvalue weighted by Gasteiger charge is -2.19. The summed E-state index contributed by atoms with van der Waals surface area (Å²) in [6.07, 6.45) is 6.46. The molecule has 2 heterocycles. The van der Waals surface area contributed by atoms with E-state index in [4.69, 9.17) is 11.6 Å². The van der Waals surface area contributed by atoms with Crippen LogP contribution < -0.4 is 5.32 Å². The topological polar surface area (TPSA) is 62.5 Å². The van der Waals surface area contributed by atoms with E-state index in [0.717, 1.165) is 11.1 Å². The van der Waals surface area contributed by atoms with Crippen LogP contribution in [0.4, 0.5) is 10.1 Å². The molecule has 3 rings (SSSR count). The Labute approximate surface area is 167 Å². The van der Waals surface area contributed by atoms with Crippen molar-refractivity contribution in [1.82, 2.24) is 9.97 Å². The number of fused-ring (bicyclic) bond motifs is 1. The highest BCUT2D eigenvalue weighted by Crippen LogP contribution is 2.32. The summed E-state index contributed by atoms with van der Waals surface area (Å²) < 4.78 is 14.6. The molecule has 1 N–H and O–H groups in total. The van der Waals surface area contributed by atoms with E-state index in [-0.39, 0.29) is 11.9 Å². The molecular formula is C21H19ClFN5. The summed E-state index contributed by atoms with van der Waals surface area (Å²) in [6, 6.07) is 8.14. The molecule has 2 aromatic heterocycles. The molecular weight excluding hydrogens is 377 g/mol. The zero-order chi connectivity index (χ0) is 20.1. The second-order valence-electron chi connectivity index (χ2n) is 6.11. The van der Waals surface area contributed by atoms with Crippen molar-refractivity contribution in [3.05, 3.63) is 70.9 Å². The Morgan fingerprint density at radius 2 is 2.14 bits per heavy atom. The van der Waals surface area contributed by atoms with Gasteiger partial charge in [0.05, 0.1) is 22.3 Å². The highest BCUT2D eigenvalue weighted by molar-refractivity contribution is 6.34. The number of aromatic nitrogens is 2. The van der Waals surface area contributed by atoms with Gasteiger partial charge in [-0.2, -0.15) is 0 Å². The first-order valence-corrected chi connectivity index (χ1v) is 8.96. The number of nitrogens with one attached hydrogen (secondary N) is 1. The van der Waals surface area contributed by atoms with Crippen molar-refractivity contribution in [3.8, 4) is 0 Å². The zero-order valence-corrected chi connectivity index (χ0v) is 16.3. The first kappa shape index (κ1) is 19.6. The number of aliphatic imine (C=N–C) groups is 2. The Balaban J connectivity index is 2.01. The first-order valence-electron chi connectivity index (χ1n) is 8.59. The number of benzene rings is 1. The fourth-order valence-corrected chi connectivity index (χ4v) is 3.10. The molecule has 0 saturated carbocycles. The van der Waals surface area contributed by atoms with Gasteiger partial charge in [0.25, 0.3) is 0 Å². The molecule has 0 aliphatic heterocycles. The van der Waals surface area contributed by atoms with Crippen LogP contribution in [-0.2, 0) is 0 Å². The largest absolute Gasteiger partial charge is 0.375 e. The van der Waals surface area contributed by atoms with Gasteiger partial charge in [-0.15, -0.1) is 0 Å². The normalized spacial score (nSPS) is 13.1. The van der Waals surface area contributed by atoms with Gasteiger partial charge in [0.15, 0.2) is 0 Å². The molecule has 0 unspecified atom stereocenters. The minimum atomic E-state index is -0.374. The van der Waals surface area contributed by atoms with E-state index in [1.54, 1.807) is 50.1 Å². The average molecular weight is 396 g/mol. The maximum atomic E-state index is 14.6. The van der Waals surface area contributed by atoms with E-state index in [9.17, 15) is 4.39 Å². The molecule has 1 atom stereocenters. The van der Waals surface area contributed by atoms with Crippen molar-refractivity contribution in [2.24, 2.45) is 9.98 Å². The fourth-order valence-electron chi connectivity index (χ4n) is 2.90. The smallest absolute Gasteiger partial charge is 0.128 e. The summed E-state index contributed by atoms with van der Waals surface area (Å²) in [4.78, 5) is 16.4. The van der Waals surface area contributed by atoms with Crippen molar-refractivity contribution in [3.63, 3.8) is 0 Å². The number of nitrogens with zero attached hydrogens (tertiary/aromatic N) is 4. The van der Waals surface area contributed by atoms with Gasteiger partial charge in [0.1, 0.15) is 11.3 Å². The Hall–Kier alpha value is -3.12. The maximum Gasteiger partial charge on any atom is 0.128 e. The van der Waals surface area contributed by atoms with E-state index in [1.807, 2.05) is 13.0 Å². The molecule has 3 aromatic rings. The third kappa shape index (κ3) is 4.07. The molecule has 0 amide bonds. The molecule has 142 valence electrons. The van der Waals surface area contributed by atoms with Crippen LogP contribution in [0, 0.1) is 5.82 Å². The number of anilines is 1. The van der Waals surface area contributed by atoms with Crippen LogP contribution in [0.1, 0.15) is 24.1 Å². The third-order valence-corrected chi connectivity index (χ3v) is 4.52. The standard InChI is InChI=1S/C21H19ClFN5/c1-13(28-20-17(22)12-27-19-5-4-8-26-21(19)20)16-9-14(6-7-18(16)23)15(10-24-2)11-25-3/h4-13H,2H2,1,3H3,(H,27,28)/b15-10+,25-11?/t13-/m1/s1. The fraction of sp³-hybridized carbons (Fsp3) is 0.143. The van der Waals surface area contributed by atoms with Gasteiger partial charge in [-0.05, 0) is 43.5 Å². The van der Waals surface area contributed by atoms with Crippen molar-refractivity contribution >= 4 is 46.8 Å². The molecule has 1 aromatic carbocycles. The molecule has 0 aliphatic rings. The predicted molar refractivity (Wildman–Crippen MR) is 115 cm³/mol. The highest BCUT2D eigenvalue weighted by atomic mass is 35.5. The Bertz CT molecular complexity index is 1080. The van der Waals surface area contributed by atoms with E-state index in [2.05, 4.69) is 32.0 Å². The van der Waals surface area contributed by atoms with Gasteiger partial charge >= 0.3 is 0 Å². The molecule has 0 fully saturated rings. The van der Waals surface area contributed by atoms with Crippen LogP contribution in [0.5, 0.6) is 0 Å². The molecule has 0 aliphatic carbocycles. The zero-order valence-electron chi connectivity index (χ0n) is 15.5. The molecule has 5 nitrogen and oxygen atoms in total. The van der Waals surface area contributed by atoms with Crippen molar-refractivity contribution in [2.75, 3.05) is 12.4 Å². The van der Waals surface area contributed by atoms with Crippen molar-refractivity contribution in [1.29, 1.82) is 0 Å². The summed E-state index contributed by atoms with van der Waals surface area (Å²) >= 11 is 6.33. The number of hydrogen-bond acceptors (Lipinski definition) is 5. The highest BCUT2D eigenvalue weighted by Gasteiger charge is 2.16. The van der Waals surface area contributed by atoms with Crippen LogP contribution in [0.25, 0.3) is 16.6 Å². The number of pyridine rings is 2. The minimum Gasteiger partial charge on any atom is -0.375 e. The van der Waals surface area contributed by atoms with Gasteiger partial charge in [-0.3, -0.25) is 20.0 Å². The summed E-state index contributed by atoms with van der Waals surface area (Å²) in [5, 5.41) is 3.70. The predicted octanol–water partition coefficient (Wildman–Crippen LogP) is 5.34. The van der Waals surface area contributed by atoms with Gasteiger partial charge < -0.3 is 5.32 Å². The van der Waals surface area contributed by atoms with Crippen LogP contribution >= 0.6 is 11.6 Å². The Kier molecular flexibility index (Phi) is 6.11. The average Bonchev–Trinajstić information content (AvgIpc) is 2.70. The quantitative estimate of drug-likeness (QED) is 0.573. The summed E-state index contributed by atoms with van der Waals surface area (Å²) in [5.74, 6) is -0.328. The van der Waals surface area contributed by atoms with Gasteiger partial charge in [-0.25, -0.2) is 4.39 Å². The van der Waals surface area contributed by atoms with Crippen molar-refractivity contribution < 1.29 is 4.39 Å². The lowest BCUT2D eigenvalue weighted by atomic mass is 10.00. The third-order valence-electron chi connectivity index (χ3n) is 4.23. The molecule has 0 bridgehead atoms. The van der Waals surface area contributed by atoms with E-state index in [1.165, 1.54) is 6.07 Å². The summed E-state index contributed by atoms with van der Waals surface area (Å²) in [7, 11) is 1.66. The van der Waals surface area contributed by atoms with E-state index < -0.39 is 0 Å². The van der Waals surface area contributed by atoms with Gasteiger partial charge in [0, 0.05) is 43.0 Å². The molecule has 7 heteroatoms. The first-order chi connectivity index (χ1) is 13.5. The number of rotatable bonds is 6. The van der Waals surface area contributed by atoms with Crippen LogP contribution in [0.2, 0.25) is 5.02 Å². The van der Waals surface area contributed by atoms with E-state index >= 15 is 0 Å². The van der Waals surface area contributed by atoms with Gasteiger partial charge in [-0.1, -0.05) is 17.7 Å². The maximum absolute atomic E-state index is 14.6. The molecule has 28 heavy (non-hydrogen) atoms. The van der Waals surface area contributed by atoms with Crippen LogP contribution in [0.3, 0.4) is 0 Å². The SMILES string of the molecule is C=N/C=C(\C=NC)c1ccc(F)c([C@@H](C)Nc2c(Cl)cnc3cccnc23)c1. The minimum absolute atomic E-state index is 0.328. The second-order valence-corrected chi connectivity index (χ2v) is 6.52. The Morgan fingerprint density at radius 1 is 1.32 bits per heavy atom. The van der Waals surface area contributed by atoms with Gasteiger partial charge in [0.2, 0.25) is 0 Å². The van der Waals surface area contributed by atoms with E-state index in [0.29, 0.717) is 27.3 Å². The number of allylic oxidation sites excluding steroid dienone is 1. The number of halogens is 2. The number of hydrogen-bond donors (Lipinski definition) is 1. The van der Waals surface area contributed by atoms with Crippen molar-refractivity contribution in [2.45, 2.75) is 13.0 Å². The molecule has 0 saturated heterocycles. The summed E-state index contributed by atoms with van der Waals surface area (Å²) in [6.45, 7) is 5.33.